The Morgan fingerprint density at radius 3 is 1.88 bits per heavy atom. The second kappa shape index (κ2) is 14.0. The van der Waals surface area contributed by atoms with Crippen LogP contribution in [-0.2, 0) is 19.2 Å². The fourth-order valence-corrected chi connectivity index (χ4v) is 9.64. The first-order valence-corrected chi connectivity index (χ1v) is 18.8. The van der Waals surface area contributed by atoms with E-state index in [9.17, 15) is 28.7 Å². The first-order chi connectivity index (χ1) is 27.2. The second-order valence-electron chi connectivity index (χ2n) is 14.7. The van der Waals surface area contributed by atoms with Gasteiger partial charge in [0.05, 0.1) is 48.8 Å². The number of nitrogens with zero attached hydrogens (tertiary/aromatic N) is 5. The van der Waals surface area contributed by atoms with Crippen LogP contribution in [0.25, 0.3) is 0 Å². The number of ether oxygens (including phenoxy) is 2. The summed E-state index contributed by atoms with van der Waals surface area (Å²) in [5.41, 5.74) is 3.39. The van der Waals surface area contributed by atoms with E-state index < -0.39 is 62.9 Å². The van der Waals surface area contributed by atoms with Crippen LogP contribution in [0.2, 0.25) is 0 Å². The lowest BCUT2D eigenvalue weighted by molar-refractivity contribution is -0.125. The van der Waals surface area contributed by atoms with Crippen molar-refractivity contribution in [2.45, 2.75) is 28.5 Å². The van der Waals surface area contributed by atoms with Gasteiger partial charge in [-0.25, -0.2) is 9.29 Å². The van der Waals surface area contributed by atoms with Crippen LogP contribution < -0.4 is 24.2 Å². The van der Waals surface area contributed by atoms with Crippen molar-refractivity contribution in [3.8, 4) is 17.2 Å². The van der Waals surface area contributed by atoms with Gasteiger partial charge in [0.15, 0.2) is 21.2 Å². The number of amides is 4. The molecule has 0 bridgehead atoms. The average molecular weight is 813 g/mol. The van der Waals surface area contributed by atoms with Gasteiger partial charge in [-0.05, 0) is 109 Å². The number of imide groups is 2. The largest absolute Gasteiger partial charge is 0.502 e. The number of carbonyl (C=O) groups excluding carboxylic acids is 4. The van der Waals surface area contributed by atoms with Gasteiger partial charge in [-0.3, -0.25) is 24.1 Å². The maximum absolute atomic E-state index is 14.7. The van der Waals surface area contributed by atoms with Crippen molar-refractivity contribution in [1.82, 2.24) is 0 Å². The van der Waals surface area contributed by atoms with Crippen molar-refractivity contribution in [3.05, 3.63) is 108 Å². The van der Waals surface area contributed by atoms with Gasteiger partial charge in [-0.2, -0.15) is 10.2 Å². The fourth-order valence-electron chi connectivity index (χ4n) is 8.71. The monoisotopic (exact) mass is 811 g/mol. The van der Waals surface area contributed by atoms with Crippen molar-refractivity contribution in [2.75, 3.05) is 43.0 Å². The molecule has 0 radical (unpaired) electrons. The minimum absolute atomic E-state index is 0.00290. The lowest BCUT2D eigenvalue weighted by atomic mass is 9.56. The molecule has 0 unspecified atom stereocenters. The van der Waals surface area contributed by atoms with E-state index in [-0.39, 0.29) is 35.8 Å². The molecule has 57 heavy (non-hydrogen) atoms. The normalized spacial score (nSPS) is 26.7. The number of allylic oxidation sites excluding steroid dienone is 2. The SMILES string of the molecule is COc1cc([C@H]2C3=CC[C@@H]4C(=O)N(c5ccc(N=Nc6ccc(N(C)C)cc6)cc5)C(=O)[C@@H]4[C@@H]3C[C@@]3(Cl)C(=O)N(c4ccc(F)cc4)C(=O)[C@@]23Cl)cc(OC)c1O. The standard InChI is InChI=1S/C42H36Cl2FN5O7/c1-48(2)26-13-7-24(8-14-26)46-47-25-9-15-27(16-10-25)49-37(52)30-18-17-29-31(34(30)38(49)53)21-41(43)39(54)50(28-11-5-23(45)6-12-28)40(55)42(41,44)35(29)22-19-32(56-3)36(51)33(20-22)57-4/h5-17,19-20,30-31,34-35,51H,18,21H2,1-4H3/t30-,31+,34-,35-,41+,42-/m0/s1. The Kier molecular flexibility index (Phi) is 9.35. The predicted molar refractivity (Wildman–Crippen MR) is 212 cm³/mol. The summed E-state index contributed by atoms with van der Waals surface area (Å²) in [4.78, 5) is 57.6. The van der Waals surface area contributed by atoms with E-state index in [1.807, 2.05) is 43.3 Å². The first-order valence-electron chi connectivity index (χ1n) is 18.1. The van der Waals surface area contributed by atoms with Gasteiger partial charge < -0.3 is 19.5 Å². The smallest absolute Gasteiger partial charge is 0.258 e. The number of azo groups is 1. The highest BCUT2D eigenvalue weighted by Gasteiger charge is 2.76. The number of anilines is 3. The van der Waals surface area contributed by atoms with E-state index >= 15 is 0 Å². The van der Waals surface area contributed by atoms with E-state index in [2.05, 4.69) is 10.2 Å². The Labute approximate surface area is 337 Å². The number of halogens is 3. The number of hydrogen-bond acceptors (Lipinski definition) is 10. The van der Waals surface area contributed by atoms with Gasteiger partial charge >= 0.3 is 0 Å². The molecule has 2 heterocycles. The maximum Gasteiger partial charge on any atom is 0.258 e. The minimum atomic E-state index is -2.19. The number of phenolic OH excluding ortho intramolecular Hbond substituents is 1. The number of benzene rings is 4. The summed E-state index contributed by atoms with van der Waals surface area (Å²) < 4.78 is 24.9. The molecule has 0 aromatic heterocycles. The molecule has 4 amide bonds. The zero-order valence-electron chi connectivity index (χ0n) is 31.2. The van der Waals surface area contributed by atoms with E-state index in [0.717, 1.165) is 27.6 Å². The molecule has 4 aromatic rings. The molecule has 1 saturated carbocycles. The van der Waals surface area contributed by atoms with E-state index in [1.165, 1.54) is 38.5 Å². The Morgan fingerprint density at radius 1 is 0.772 bits per heavy atom. The highest BCUT2D eigenvalue weighted by Crippen LogP contribution is 2.66. The average Bonchev–Trinajstić information content (AvgIpc) is 3.55. The van der Waals surface area contributed by atoms with Gasteiger partial charge in [0, 0.05) is 25.7 Å². The van der Waals surface area contributed by atoms with Gasteiger partial charge in [-0.1, -0.05) is 11.6 Å². The predicted octanol–water partition coefficient (Wildman–Crippen LogP) is 7.80. The number of hydrogen-bond donors (Lipinski definition) is 1. The van der Waals surface area contributed by atoms with Crippen LogP contribution in [0.3, 0.4) is 0 Å². The molecular weight excluding hydrogens is 776 g/mol. The van der Waals surface area contributed by atoms with Crippen LogP contribution in [0, 0.1) is 23.6 Å². The number of alkyl halides is 2. The molecule has 2 saturated heterocycles. The third-order valence-electron chi connectivity index (χ3n) is 11.5. The van der Waals surface area contributed by atoms with Gasteiger partial charge in [0.25, 0.3) is 11.8 Å². The quantitative estimate of drug-likeness (QED) is 0.0823. The summed E-state index contributed by atoms with van der Waals surface area (Å²) in [7, 11) is 6.57. The zero-order chi connectivity index (χ0) is 40.6. The highest BCUT2D eigenvalue weighted by atomic mass is 35.5. The highest BCUT2D eigenvalue weighted by molar-refractivity contribution is 6.58. The number of methoxy groups -OCH3 is 2. The van der Waals surface area contributed by atoms with Crippen LogP contribution in [0.1, 0.15) is 24.3 Å². The second-order valence-corrected chi connectivity index (χ2v) is 15.9. The lowest BCUT2D eigenvalue weighted by Gasteiger charge is -2.50. The van der Waals surface area contributed by atoms with E-state index in [0.29, 0.717) is 28.2 Å². The van der Waals surface area contributed by atoms with Crippen molar-refractivity contribution in [3.63, 3.8) is 0 Å². The molecule has 2 aliphatic heterocycles. The van der Waals surface area contributed by atoms with Crippen molar-refractivity contribution >= 4 is 75.3 Å². The van der Waals surface area contributed by atoms with E-state index in [4.69, 9.17) is 32.7 Å². The molecule has 3 fully saturated rings. The van der Waals surface area contributed by atoms with Gasteiger partial charge in [0.1, 0.15) is 5.82 Å². The third-order valence-corrected chi connectivity index (χ3v) is 12.9. The number of carbonyl (C=O) groups is 4. The summed E-state index contributed by atoms with van der Waals surface area (Å²) in [5.74, 6) is -7.31. The Bertz CT molecular complexity index is 2370. The molecular formula is C42H36Cl2FN5O7. The Hall–Kier alpha value is -5.79. The van der Waals surface area contributed by atoms with Crippen LogP contribution in [-0.4, -0.2) is 66.8 Å². The molecule has 15 heteroatoms. The molecule has 2 aliphatic carbocycles. The fraction of sp³-hybridized carbons (Fsp3) is 0.286. The maximum atomic E-state index is 14.7. The minimum Gasteiger partial charge on any atom is -0.502 e. The molecule has 4 aliphatic rings. The van der Waals surface area contributed by atoms with Gasteiger partial charge in [0.2, 0.25) is 17.6 Å². The third kappa shape index (κ3) is 5.77. The summed E-state index contributed by atoms with van der Waals surface area (Å²) >= 11 is 15.0. The summed E-state index contributed by atoms with van der Waals surface area (Å²) in [6.07, 6.45) is 1.66. The first kappa shape index (κ1) is 38.1. The molecule has 1 N–H and O–H groups in total. The van der Waals surface area contributed by atoms with Crippen molar-refractivity contribution in [2.24, 2.45) is 28.0 Å². The molecule has 12 nitrogen and oxygen atoms in total. The molecule has 292 valence electrons. The zero-order valence-corrected chi connectivity index (χ0v) is 32.7. The van der Waals surface area contributed by atoms with Crippen LogP contribution in [0.4, 0.5) is 32.8 Å². The van der Waals surface area contributed by atoms with Crippen LogP contribution >= 0.6 is 23.2 Å². The van der Waals surface area contributed by atoms with Crippen molar-refractivity contribution < 1.29 is 38.1 Å². The molecule has 4 aromatic carbocycles. The number of phenols is 1. The Morgan fingerprint density at radius 2 is 1.32 bits per heavy atom. The molecule has 0 spiro atoms. The summed E-state index contributed by atoms with van der Waals surface area (Å²) in [5, 5.41) is 19.4. The lowest BCUT2D eigenvalue weighted by Crippen LogP contribution is -2.60. The number of aromatic hydroxyl groups is 1. The van der Waals surface area contributed by atoms with E-state index in [1.54, 1.807) is 30.3 Å². The number of rotatable bonds is 8. The molecule has 6 atom stereocenters. The topological polar surface area (TPSA) is 141 Å². The van der Waals surface area contributed by atoms with Crippen LogP contribution in [0.5, 0.6) is 17.2 Å². The summed E-state index contributed by atoms with van der Waals surface area (Å²) in [6, 6.07) is 21.8. The van der Waals surface area contributed by atoms with Crippen LogP contribution in [0.15, 0.2) is 107 Å². The summed E-state index contributed by atoms with van der Waals surface area (Å²) in [6.45, 7) is 0. The van der Waals surface area contributed by atoms with Crippen molar-refractivity contribution in [1.29, 1.82) is 0 Å². The van der Waals surface area contributed by atoms with Gasteiger partial charge in [-0.15, -0.1) is 23.2 Å². The Balaban J connectivity index is 1.18. The molecule has 8 rings (SSSR count). The number of fused-ring (bicyclic) bond motifs is 4.